The SMILES string of the molecule is CC(C)SC1=C(c2ccccc2)C(=O)N(Cc2ccc(S(N)(=O)=O)cc2)C1=O. The second-order valence-corrected chi connectivity index (χ2v) is 9.77. The molecule has 0 saturated carbocycles. The Hall–Kier alpha value is -2.42. The summed E-state index contributed by atoms with van der Waals surface area (Å²) < 4.78 is 22.8. The summed E-state index contributed by atoms with van der Waals surface area (Å²) in [5.41, 5.74) is 1.75. The quantitative estimate of drug-likeness (QED) is 0.730. The van der Waals surface area contributed by atoms with Crippen molar-refractivity contribution in [2.75, 3.05) is 0 Å². The lowest BCUT2D eigenvalue weighted by molar-refractivity contribution is -0.137. The van der Waals surface area contributed by atoms with Gasteiger partial charge in [0, 0.05) is 5.25 Å². The molecule has 1 aliphatic heterocycles. The third-order valence-corrected chi connectivity index (χ3v) is 6.15. The molecule has 0 bridgehead atoms. The maximum absolute atomic E-state index is 13.1. The second-order valence-electron chi connectivity index (χ2n) is 6.62. The van der Waals surface area contributed by atoms with Crippen LogP contribution in [0.1, 0.15) is 25.0 Å². The number of nitrogens with zero attached hydrogens (tertiary/aromatic N) is 1. The molecule has 2 N–H and O–H groups in total. The molecule has 0 fully saturated rings. The van der Waals surface area contributed by atoms with Crippen LogP contribution in [0, 0.1) is 0 Å². The molecule has 0 unspecified atom stereocenters. The molecule has 8 heteroatoms. The Labute approximate surface area is 168 Å². The molecule has 0 aliphatic carbocycles. The summed E-state index contributed by atoms with van der Waals surface area (Å²) in [4.78, 5) is 27.6. The molecule has 0 aromatic heterocycles. The summed E-state index contributed by atoms with van der Waals surface area (Å²) in [7, 11) is -3.79. The van der Waals surface area contributed by atoms with Gasteiger partial charge in [-0.3, -0.25) is 14.5 Å². The fraction of sp³-hybridized carbons (Fsp3) is 0.200. The summed E-state index contributed by atoms with van der Waals surface area (Å²) in [6.45, 7) is 3.99. The number of imide groups is 1. The lowest BCUT2D eigenvalue weighted by Crippen LogP contribution is -2.31. The van der Waals surface area contributed by atoms with Gasteiger partial charge in [0.2, 0.25) is 10.0 Å². The highest BCUT2D eigenvalue weighted by Crippen LogP contribution is 2.38. The van der Waals surface area contributed by atoms with Crippen LogP contribution >= 0.6 is 11.8 Å². The molecule has 1 heterocycles. The van der Waals surface area contributed by atoms with Crippen molar-refractivity contribution in [3.8, 4) is 0 Å². The molecule has 0 saturated heterocycles. The van der Waals surface area contributed by atoms with Crippen LogP contribution in [0.4, 0.5) is 0 Å². The number of amides is 2. The number of carbonyl (C=O) groups excluding carboxylic acids is 2. The topological polar surface area (TPSA) is 97.5 Å². The number of thioether (sulfide) groups is 1. The fourth-order valence-electron chi connectivity index (χ4n) is 2.87. The summed E-state index contributed by atoms with van der Waals surface area (Å²) in [6.07, 6.45) is 0. The Morgan fingerprint density at radius 2 is 1.57 bits per heavy atom. The molecule has 2 amide bonds. The van der Waals surface area contributed by atoms with E-state index in [0.29, 0.717) is 21.6 Å². The first-order valence-electron chi connectivity index (χ1n) is 8.62. The summed E-state index contributed by atoms with van der Waals surface area (Å²) >= 11 is 1.37. The zero-order valence-corrected chi connectivity index (χ0v) is 17.1. The van der Waals surface area contributed by atoms with Gasteiger partial charge >= 0.3 is 0 Å². The van der Waals surface area contributed by atoms with E-state index in [1.54, 1.807) is 12.1 Å². The second kappa shape index (κ2) is 7.90. The smallest absolute Gasteiger partial charge is 0.268 e. The Bertz CT molecular complexity index is 1040. The maximum atomic E-state index is 13.1. The zero-order chi connectivity index (χ0) is 20.5. The van der Waals surface area contributed by atoms with Crippen molar-refractivity contribution in [1.82, 2.24) is 4.90 Å². The van der Waals surface area contributed by atoms with Crippen LogP contribution in [0.15, 0.2) is 64.4 Å². The average molecular weight is 417 g/mol. The van der Waals surface area contributed by atoms with Gasteiger partial charge in [-0.1, -0.05) is 56.3 Å². The molecular formula is C20H20N2O4S2. The first-order chi connectivity index (χ1) is 13.2. The van der Waals surface area contributed by atoms with Crippen molar-refractivity contribution in [3.05, 3.63) is 70.6 Å². The van der Waals surface area contributed by atoms with Gasteiger partial charge in [-0.05, 0) is 23.3 Å². The Morgan fingerprint density at radius 3 is 2.11 bits per heavy atom. The minimum atomic E-state index is -3.79. The van der Waals surface area contributed by atoms with E-state index in [0.717, 1.165) is 0 Å². The number of nitrogens with two attached hydrogens (primary N) is 1. The normalized spacial score (nSPS) is 15.1. The van der Waals surface area contributed by atoms with Crippen LogP contribution in [0.5, 0.6) is 0 Å². The largest absolute Gasteiger partial charge is 0.269 e. The predicted octanol–water partition coefficient (Wildman–Crippen LogP) is 2.76. The molecule has 0 spiro atoms. The molecule has 146 valence electrons. The summed E-state index contributed by atoms with van der Waals surface area (Å²) in [6, 6.07) is 15.0. The monoisotopic (exact) mass is 416 g/mol. The number of hydrogen-bond donors (Lipinski definition) is 1. The van der Waals surface area contributed by atoms with E-state index in [2.05, 4.69) is 0 Å². The molecule has 0 atom stereocenters. The average Bonchev–Trinajstić information content (AvgIpc) is 2.86. The maximum Gasteiger partial charge on any atom is 0.268 e. The molecule has 1 aliphatic rings. The molecule has 2 aromatic rings. The van der Waals surface area contributed by atoms with Gasteiger partial charge in [0.25, 0.3) is 11.8 Å². The van der Waals surface area contributed by atoms with E-state index in [-0.39, 0.29) is 28.5 Å². The highest BCUT2D eigenvalue weighted by molar-refractivity contribution is 8.04. The van der Waals surface area contributed by atoms with Gasteiger partial charge < -0.3 is 0 Å². The Morgan fingerprint density at radius 1 is 0.964 bits per heavy atom. The van der Waals surface area contributed by atoms with E-state index < -0.39 is 10.0 Å². The van der Waals surface area contributed by atoms with Crippen LogP contribution in [0.2, 0.25) is 0 Å². The van der Waals surface area contributed by atoms with Crippen LogP contribution < -0.4 is 5.14 Å². The molecular weight excluding hydrogens is 396 g/mol. The first kappa shape index (κ1) is 20.3. The molecule has 3 rings (SSSR count). The van der Waals surface area contributed by atoms with E-state index in [9.17, 15) is 18.0 Å². The third kappa shape index (κ3) is 4.19. The summed E-state index contributed by atoms with van der Waals surface area (Å²) in [5.74, 6) is -0.687. The lowest BCUT2D eigenvalue weighted by atomic mass is 10.1. The fourth-order valence-corrected chi connectivity index (χ4v) is 4.39. The van der Waals surface area contributed by atoms with Crippen molar-refractivity contribution in [2.24, 2.45) is 5.14 Å². The van der Waals surface area contributed by atoms with Crippen molar-refractivity contribution in [3.63, 3.8) is 0 Å². The molecule has 0 radical (unpaired) electrons. The predicted molar refractivity (Wildman–Crippen MR) is 109 cm³/mol. The van der Waals surface area contributed by atoms with Crippen molar-refractivity contribution in [2.45, 2.75) is 30.5 Å². The highest BCUT2D eigenvalue weighted by atomic mass is 32.2. The highest BCUT2D eigenvalue weighted by Gasteiger charge is 2.39. The van der Waals surface area contributed by atoms with Gasteiger partial charge in [0.05, 0.1) is 21.9 Å². The van der Waals surface area contributed by atoms with Crippen molar-refractivity contribution >= 4 is 39.2 Å². The Balaban J connectivity index is 1.92. The van der Waals surface area contributed by atoms with Crippen LogP contribution in [-0.4, -0.2) is 30.4 Å². The minimum absolute atomic E-state index is 0.0190. The van der Waals surface area contributed by atoms with Crippen molar-refractivity contribution in [1.29, 1.82) is 0 Å². The van der Waals surface area contributed by atoms with Crippen LogP contribution in [-0.2, 0) is 26.2 Å². The molecule has 28 heavy (non-hydrogen) atoms. The molecule has 6 nitrogen and oxygen atoms in total. The van der Waals surface area contributed by atoms with Crippen molar-refractivity contribution < 1.29 is 18.0 Å². The Kier molecular flexibility index (Phi) is 5.74. The van der Waals surface area contributed by atoms with Crippen LogP contribution in [0.25, 0.3) is 5.57 Å². The van der Waals surface area contributed by atoms with Gasteiger partial charge in [-0.25, -0.2) is 13.6 Å². The first-order valence-corrected chi connectivity index (χ1v) is 11.1. The number of hydrogen-bond acceptors (Lipinski definition) is 5. The molecule has 2 aromatic carbocycles. The lowest BCUT2D eigenvalue weighted by Gasteiger charge is -2.15. The number of carbonyl (C=O) groups is 2. The number of rotatable bonds is 6. The minimum Gasteiger partial charge on any atom is -0.269 e. The van der Waals surface area contributed by atoms with E-state index in [1.807, 2.05) is 44.2 Å². The van der Waals surface area contributed by atoms with Gasteiger partial charge in [0.1, 0.15) is 0 Å². The number of primary sulfonamides is 1. The zero-order valence-electron chi connectivity index (χ0n) is 15.5. The number of sulfonamides is 1. The van der Waals surface area contributed by atoms with Gasteiger partial charge in [-0.15, -0.1) is 11.8 Å². The summed E-state index contributed by atoms with van der Waals surface area (Å²) in [5, 5.41) is 5.24. The van der Waals surface area contributed by atoms with E-state index >= 15 is 0 Å². The number of benzene rings is 2. The van der Waals surface area contributed by atoms with Gasteiger partial charge in [0.15, 0.2) is 0 Å². The van der Waals surface area contributed by atoms with E-state index in [1.165, 1.54) is 28.8 Å². The third-order valence-electron chi connectivity index (χ3n) is 4.13. The van der Waals surface area contributed by atoms with Crippen LogP contribution in [0.3, 0.4) is 0 Å². The van der Waals surface area contributed by atoms with E-state index in [4.69, 9.17) is 5.14 Å². The standard InChI is InChI=1S/C20H20N2O4S2/c1-13(2)27-18-17(15-6-4-3-5-7-15)19(23)22(20(18)24)12-14-8-10-16(11-9-14)28(21,25)26/h3-11,13H,12H2,1-2H3,(H2,21,25,26). The van der Waals surface area contributed by atoms with Gasteiger partial charge in [-0.2, -0.15) is 0 Å².